The fraction of sp³-hybridized carbons (Fsp3) is 0.0370. The second-order valence-corrected chi connectivity index (χ2v) is 15.5. The van der Waals surface area contributed by atoms with Crippen LogP contribution in [0.15, 0.2) is 188 Å². The molecule has 3 aliphatic rings. The molecule has 0 fully saturated rings. The quantitative estimate of drug-likeness (QED) is 0.180. The molecule has 0 amide bonds. The summed E-state index contributed by atoms with van der Waals surface area (Å²) in [4.78, 5) is 10.8. The van der Waals surface area contributed by atoms with Gasteiger partial charge in [-0.3, -0.25) is 13.7 Å². The lowest BCUT2D eigenvalue weighted by Crippen LogP contribution is -2.27. The topological polar surface area (TPSA) is 40.6 Å². The zero-order chi connectivity index (χ0) is 45.3. The van der Waals surface area contributed by atoms with Gasteiger partial charge in [0.2, 0.25) is 5.95 Å². The number of nitrogens with zero attached hydrogens (tertiary/aromatic N) is 5. The number of para-hydroxylation sites is 5. The minimum absolute atomic E-state index is 0.0181. The van der Waals surface area contributed by atoms with Gasteiger partial charge in [-0.1, -0.05) is 145 Å². The molecule has 0 saturated heterocycles. The fourth-order valence-corrected chi connectivity index (χ4v) is 10.5. The van der Waals surface area contributed by atoms with Crippen molar-refractivity contribution in [3.8, 4) is 17.6 Å². The van der Waals surface area contributed by atoms with Gasteiger partial charge in [0.05, 0.1) is 44.1 Å². The van der Waals surface area contributed by atoms with Crippen LogP contribution in [0.4, 0.5) is 0 Å². The summed E-state index contributed by atoms with van der Waals surface area (Å²) in [5.74, 6) is 0.885. The van der Waals surface area contributed by atoms with Gasteiger partial charge >= 0.3 is 0 Å². The predicted molar refractivity (Wildman–Crippen MR) is 240 cm³/mol. The highest BCUT2D eigenvalue weighted by Crippen LogP contribution is 2.58. The van der Waals surface area contributed by atoms with E-state index in [4.69, 9.17) is 18.2 Å². The lowest BCUT2D eigenvalue weighted by atomic mass is 9.60. The molecule has 4 aromatic heterocycles. The van der Waals surface area contributed by atoms with E-state index in [1.54, 1.807) is 6.07 Å². The Morgan fingerprint density at radius 2 is 0.831 bits per heavy atom. The standard InChI is InChI=1S/C54H33N5/c1-3-21-38-36(19-1)50-37-20-2-4-22-39(37)51(38)53-41(50)29-30-47-52(53)40-23-9-14-28-46(40)59(47)54-55-48(57-42-24-10-5-15-32(42)33-16-6-11-25-43(33)57)31-49(56-54)58-44-26-12-7-17-34(44)35-18-8-13-27-45(35)58/h1-31,50-51H/i5D,6D,10D,11D,15D,16D,24D,25D. The van der Waals surface area contributed by atoms with Gasteiger partial charge in [0.25, 0.3) is 0 Å². The van der Waals surface area contributed by atoms with Crippen LogP contribution in [-0.2, 0) is 0 Å². The molecule has 0 radical (unpaired) electrons. The van der Waals surface area contributed by atoms with Crippen molar-refractivity contribution in [3.05, 3.63) is 221 Å². The number of fused-ring (bicyclic) bond motifs is 9. The average Bonchev–Trinajstić information content (AvgIpc) is 4.03. The van der Waals surface area contributed by atoms with Crippen LogP contribution in [0.3, 0.4) is 0 Å². The monoisotopic (exact) mass is 759 g/mol. The summed E-state index contributed by atoms with van der Waals surface area (Å²) in [7, 11) is 0. The van der Waals surface area contributed by atoms with Crippen LogP contribution in [0.1, 0.15) is 56.2 Å². The first-order valence-corrected chi connectivity index (χ1v) is 19.8. The van der Waals surface area contributed by atoms with Crippen molar-refractivity contribution in [2.24, 2.45) is 0 Å². The molecule has 0 spiro atoms. The predicted octanol–water partition coefficient (Wildman–Crippen LogP) is 12.8. The Balaban J connectivity index is 1.15. The summed E-state index contributed by atoms with van der Waals surface area (Å²) < 4.78 is 77.7. The molecule has 3 aliphatic carbocycles. The number of hydrogen-bond acceptors (Lipinski definition) is 2. The minimum Gasteiger partial charge on any atom is -0.294 e. The van der Waals surface area contributed by atoms with Crippen molar-refractivity contribution < 1.29 is 11.0 Å². The van der Waals surface area contributed by atoms with Gasteiger partial charge in [-0.15, -0.1) is 0 Å². The average molecular weight is 760 g/mol. The van der Waals surface area contributed by atoms with Gasteiger partial charge in [-0.2, -0.15) is 9.97 Å². The zero-order valence-electron chi connectivity index (χ0n) is 39.2. The maximum absolute atomic E-state index is 9.37. The summed E-state index contributed by atoms with van der Waals surface area (Å²) in [6.07, 6.45) is 0. The van der Waals surface area contributed by atoms with Crippen molar-refractivity contribution in [1.82, 2.24) is 23.7 Å². The second kappa shape index (κ2) is 11.4. The molecule has 8 aromatic carbocycles. The van der Waals surface area contributed by atoms with Gasteiger partial charge in [0, 0.05) is 50.2 Å². The highest BCUT2D eigenvalue weighted by molar-refractivity contribution is 6.13. The molecule has 15 rings (SSSR count). The molecule has 12 aromatic rings. The first-order chi connectivity index (χ1) is 32.6. The Morgan fingerprint density at radius 3 is 1.41 bits per heavy atom. The Morgan fingerprint density at radius 1 is 0.373 bits per heavy atom. The van der Waals surface area contributed by atoms with Crippen molar-refractivity contribution in [2.75, 3.05) is 0 Å². The molecule has 0 saturated carbocycles. The molecule has 5 heteroatoms. The lowest BCUT2D eigenvalue weighted by molar-refractivity contribution is 0.761. The van der Waals surface area contributed by atoms with Gasteiger partial charge in [-0.25, -0.2) is 0 Å². The minimum atomic E-state index is -0.508. The molecule has 0 atom stereocenters. The van der Waals surface area contributed by atoms with Crippen LogP contribution in [-0.4, -0.2) is 23.7 Å². The molecule has 274 valence electrons. The van der Waals surface area contributed by atoms with Gasteiger partial charge < -0.3 is 0 Å². The maximum atomic E-state index is 9.37. The molecule has 0 unspecified atom stereocenters. The van der Waals surface area contributed by atoms with E-state index in [1.165, 1.54) is 37.9 Å². The largest absolute Gasteiger partial charge is 0.294 e. The molecule has 5 nitrogen and oxygen atoms in total. The van der Waals surface area contributed by atoms with Crippen LogP contribution in [0.2, 0.25) is 0 Å². The second-order valence-electron chi connectivity index (χ2n) is 15.5. The molecule has 59 heavy (non-hydrogen) atoms. The van der Waals surface area contributed by atoms with Crippen LogP contribution in [0.25, 0.3) is 83.0 Å². The van der Waals surface area contributed by atoms with E-state index in [9.17, 15) is 2.74 Å². The van der Waals surface area contributed by atoms with E-state index in [2.05, 4.69) is 94.1 Å². The Kier molecular flexibility index (Phi) is 4.80. The van der Waals surface area contributed by atoms with Crippen LogP contribution >= 0.6 is 0 Å². The summed E-state index contributed by atoms with van der Waals surface area (Å²) in [6.45, 7) is 0. The van der Waals surface area contributed by atoms with Gasteiger partial charge in [0.15, 0.2) is 0 Å². The normalized spacial score (nSPS) is 17.4. The van der Waals surface area contributed by atoms with Gasteiger partial charge in [-0.05, 0) is 69.7 Å². The van der Waals surface area contributed by atoms with Crippen molar-refractivity contribution in [2.45, 2.75) is 11.8 Å². The maximum Gasteiger partial charge on any atom is 0.238 e. The van der Waals surface area contributed by atoms with Crippen molar-refractivity contribution >= 4 is 65.4 Å². The third-order valence-corrected chi connectivity index (χ3v) is 12.7. The van der Waals surface area contributed by atoms with Crippen LogP contribution < -0.4 is 0 Å². The fourth-order valence-electron chi connectivity index (χ4n) is 10.5. The molecular weight excluding hydrogens is 719 g/mol. The lowest BCUT2D eigenvalue weighted by Gasteiger charge is -2.42. The number of hydrogen-bond donors (Lipinski definition) is 0. The van der Waals surface area contributed by atoms with Crippen LogP contribution in [0.5, 0.6) is 0 Å². The Bertz CT molecular complexity index is 4060. The highest BCUT2D eigenvalue weighted by atomic mass is 15.2. The Hall–Kier alpha value is -7.76. The van der Waals surface area contributed by atoms with E-state index >= 15 is 0 Å². The molecule has 0 aliphatic heterocycles. The van der Waals surface area contributed by atoms with Gasteiger partial charge in [0.1, 0.15) is 11.6 Å². The summed E-state index contributed by atoms with van der Waals surface area (Å²) in [5.41, 5.74) is 11.1. The van der Waals surface area contributed by atoms with E-state index in [0.717, 1.165) is 43.6 Å². The van der Waals surface area contributed by atoms with Crippen molar-refractivity contribution in [1.29, 1.82) is 0 Å². The number of aromatic nitrogens is 5. The summed E-state index contributed by atoms with van der Waals surface area (Å²) >= 11 is 0. The third-order valence-electron chi connectivity index (χ3n) is 12.7. The molecule has 2 bridgehead atoms. The SMILES string of the molecule is [2H]c1c([2H])c([2H])c2c(c1[2H])c1c([2H])c([2H])c([2H])c([2H])c1n2-c1cc(-n2c3ccccc3c3ccccc32)nc(-n2c3ccccc3c3c4c(ccc32)C2c3ccccc3C4c3ccccc32)n1. The number of benzene rings is 8. The summed E-state index contributed by atoms with van der Waals surface area (Å²) in [5, 5.41) is 4.05. The van der Waals surface area contributed by atoms with E-state index in [-0.39, 0.29) is 45.4 Å². The summed E-state index contributed by atoms with van der Waals surface area (Å²) in [6, 6.07) is 44.4. The highest BCUT2D eigenvalue weighted by Gasteiger charge is 2.42. The smallest absolute Gasteiger partial charge is 0.238 e. The molecular formula is C54H33N5. The first kappa shape index (κ1) is 24.8. The van der Waals surface area contributed by atoms with Crippen LogP contribution in [0, 0.1) is 0 Å². The van der Waals surface area contributed by atoms with E-state index in [1.807, 2.05) is 48.5 Å². The Labute approximate surface area is 349 Å². The van der Waals surface area contributed by atoms with Crippen molar-refractivity contribution in [3.63, 3.8) is 0 Å². The van der Waals surface area contributed by atoms with E-state index < -0.39 is 48.3 Å². The molecule has 0 N–H and O–H groups in total. The van der Waals surface area contributed by atoms with E-state index in [0.29, 0.717) is 5.82 Å². The third kappa shape index (κ3) is 4.03. The molecule has 4 heterocycles. The first-order valence-electron chi connectivity index (χ1n) is 23.8. The number of rotatable bonds is 3. The zero-order valence-corrected chi connectivity index (χ0v) is 31.2.